The normalized spacial score (nSPS) is 18.3. The Bertz CT molecular complexity index is 564. The van der Waals surface area contributed by atoms with Gasteiger partial charge in [-0.2, -0.15) is 0 Å². The highest BCUT2D eigenvalue weighted by Gasteiger charge is 2.27. The summed E-state index contributed by atoms with van der Waals surface area (Å²) in [5.41, 5.74) is 1.22. The van der Waals surface area contributed by atoms with Crippen molar-refractivity contribution in [2.75, 3.05) is 5.32 Å². The lowest BCUT2D eigenvalue weighted by Gasteiger charge is -2.22. The lowest BCUT2D eigenvalue weighted by atomic mass is 10.1. The van der Waals surface area contributed by atoms with E-state index in [2.05, 4.69) is 15.6 Å². The molecule has 114 valence electrons. The summed E-state index contributed by atoms with van der Waals surface area (Å²) in [6.07, 6.45) is 0.600. The van der Waals surface area contributed by atoms with Gasteiger partial charge in [0, 0.05) is 5.69 Å². The molecule has 0 aliphatic carbocycles. The van der Waals surface area contributed by atoms with Gasteiger partial charge in [0.15, 0.2) is 0 Å². The van der Waals surface area contributed by atoms with E-state index in [1.165, 1.54) is 0 Å². The lowest BCUT2D eigenvalue weighted by molar-refractivity contribution is -0.118. The SMILES string of the molecule is Cc1ccc2c(n1)NC(=O)[C@@H](NC(=O)OC(C)(C)C)CC2. The number of fused-ring (bicyclic) bond motifs is 1. The van der Waals surface area contributed by atoms with E-state index in [9.17, 15) is 9.59 Å². The Kier molecular flexibility index (Phi) is 4.16. The first-order chi connectivity index (χ1) is 9.74. The molecule has 0 bridgehead atoms. The van der Waals surface area contributed by atoms with Gasteiger partial charge in [0.05, 0.1) is 0 Å². The van der Waals surface area contributed by atoms with Crippen LogP contribution >= 0.6 is 0 Å². The number of nitrogens with one attached hydrogen (secondary N) is 2. The van der Waals surface area contributed by atoms with Crippen LogP contribution < -0.4 is 10.6 Å². The number of nitrogens with zero attached hydrogens (tertiary/aromatic N) is 1. The number of amides is 2. The van der Waals surface area contributed by atoms with Crippen molar-refractivity contribution in [2.24, 2.45) is 0 Å². The smallest absolute Gasteiger partial charge is 0.408 e. The number of carbonyl (C=O) groups is 2. The maximum absolute atomic E-state index is 12.2. The molecular weight excluding hydrogens is 270 g/mol. The van der Waals surface area contributed by atoms with Crippen molar-refractivity contribution in [1.82, 2.24) is 10.3 Å². The van der Waals surface area contributed by atoms with E-state index in [0.717, 1.165) is 11.3 Å². The zero-order valence-corrected chi connectivity index (χ0v) is 12.8. The number of rotatable bonds is 1. The third kappa shape index (κ3) is 4.18. The number of aromatic nitrogens is 1. The number of aryl methyl sites for hydroxylation is 2. The summed E-state index contributed by atoms with van der Waals surface area (Å²) in [5.74, 6) is 0.311. The van der Waals surface area contributed by atoms with Gasteiger partial charge in [0.2, 0.25) is 5.91 Å². The topological polar surface area (TPSA) is 80.3 Å². The van der Waals surface area contributed by atoms with Crippen molar-refractivity contribution >= 4 is 17.8 Å². The van der Waals surface area contributed by atoms with Crippen LogP contribution in [0.5, 0.6) is 0 Å². The van der Waals surface area contributed by atoms with Crippen molar-refractivity contribution in [2.45, 2.75) is 52.2 Å². The number of hydrogen-bond donors (Lipinski definition) is 2. The van der Waals surface area contributed by atoms with Crippen LogP contribution in [0.15, 0.2) is 12.1 Å². The molecule has 1 atom stereocenters. The predicted molar refractivity (Wildman–Crippen MR) is 79.1 cm³/mol. The molecule has 2 amide bonds. The average molecular weight is 291 g/mol. The fraction of sp³-hybridized carbons (Fsp3) is 0.533. The van der Waals surface area contributed by atoms with Gasteiger partial charge < -0.3 is 15.4 Å². The van der Waals surface area contributed by atoms with Crippen molar-refractivity contribution in [3.63, 3.8) is 0 Å². The Morgan fingerprint density at radius 1 is 1.43 bits per heavy atom. The number of alkyl carbamates (subject to hydrolysis) is 1. The summed E-state index contributed by atoms with van der Waals surface area (Å²) in [6.45, 7) is 7.21. The minimum atomic E-state index is -0.616. The number of ether oxygens (including phenoxy) is 1. The molecule has 0 spiro atoms. The molecule has 0 unspecified atom stereocenters. The van der Waals surface area contributed by atoms with Crippen LogP contribution in [-0.4, -0.2) is 28.6 Å². The number of pyridine rings is 1. The van der Waals surface area contributed by atoms with Gasteiger partial charge in [0.25, 0.3) is 0 Å². The molecule has 1 aromatic rings. The van der Waals surface area contributed by atoms with Crippen LogP contribution in [0.3, 0.4) is 0 Å². The Balaban J connectivity index is 2.05. The van der Waals surface area contributed by atoms with Crippen molar-refractivity contribution in [3.8, 4) is 0 Å². The molecule has 2 heterocycles. The van der Waals surface area contributed by atoms with E-state index >= 15 is 0 Å². The summed E-state index contributed by atoms with van der Waals surface area (Å²) in [7, 11) is 0. The first kappa shape index (κ1) is 15.3. The van der Waals surface area contributed by atoms with Gasteiger partial charge >= 0.3 is 6.09 Å². The van der Waals surface area contributed by atoms with E-state index in [1.54, 1.807) is 20.8 Å². The molecule has 0 saturated heterocycles. The molecule has 6 heteroatoms. The largest absolute Gasteiger partial charge is 0.444 e. The molecule has 2 N–H and O–H groups in total. The molecule has 2 rings (SSSR count). The quantitative estimate of drug-likeness (QED) is 0.831. The average Bonchev–Trinajstić information content (AvgIpc) is 2.47. The molecule has 0 fully saturated rings. The second-order valence-corrected chi connectivity index (χ2v) is 6.19. The molecule has 6 nitrogen and oxygen atoms in total. The summed E-state index contributed by atoms with van der Waals surface area (Å²) < 4.78 is 5.18. The molecule has 0 saturated carbocycles. The van der Waals surface area contributed by atoms with Crippen molar-refractivity contribution < 1.29 is 14.3 Å². The zero-order valence-electron chi connectivity index (χ0n) is 12.8. The van der Waals surface area contributed by atoms with Gasteiger partial charge in [-0.1, -0.05) is 6.07 Å². The van der Waals surface area contributed by atoms with Crippen LogP contribution in [0.1, 0.15) is 38.4 Å². The maximum Gasteiger partial charge on any atom is 0.408 e. The molecule has 1 aromatic heterocycles. The number of anilines is 1. The third-order valence-electron chi connectivity index (χ3n) is 3.07. The second-order valence-electron chi connectivity index (χ2n) is 6.19. The predicted octanol–water partition coefficient (Wildman–Crippen LogP) is 2.17. The molecular formula is C15H21N3O3. The lowest BCUT2D eigenvalue weighted by Crippen LogP contribution is -2.45. The third-order valence-corrected chi connectivity index (χ3v) is 3.07. The zero-order chi connectivity index (χ0) is 15.6. The van der Waals surface area contributed by atoms with Crippen LogP contribution in [0.25, 0.3) is 0 Å². The Labute approximate surface area is 124 Å². The highest BCUT2D eigenvalue weighted by molar-refractivity contribution is 5.97. The van der Waals surface area contributed by atoms with Gasteiger partial charge in [-0.15, -0.1) is 0 Å². The molecule has 0 radical (unpaired) electrons. The van der Waals surface area contributed by atoms with Gasteiger partial charge in [-0.25, -0.2) is 9.78 Å². The second kappa shape index (κ2) is 5.71. The van der Waals surface area contributed by atoms with E-state index < -0.39 is 17.7 Å². The Morgan fingerprint density at radius 3 is 2.81 bits per heavy atom. The molecule has 21 heavy (non-hydrogen) atoms. The first-order valence-corrected chi connectivity index (χ1v) is 7.01. The van der Waals surface area contributed by atoms with Crippen LogP contribution in [0.2, 0.25) is 0 Å². The highest BCUT2D eigenvalue weighted by atomic mass is 16.6. The minimum absolute atomic E-state index is 0.266. The summed E-state index contributed by atoms with van der Waals surface area (Å²) in [5, 5.41) is 5.37. The van der Waals surface area contributed by atoms with E-state index in [-0.39, 0.29) is 5.91 Å². The summed E-state index contributed by atoms with van der Waals surface area (Å²) in [6, 6.07) is 3.25. The standard InChI is InChI=1S/C15H21N3O3/c1-9-5-6-10-7-8-11(13(19)18-12(10)16-9)17-14(20)21-15(2,3)4/h5-6,11H,7-8H2,1-4H3,(H,17,20)(H,16,18,19)/t11-/m0/s1. The number of hydrogen-bond acceptors (Lipinski definition) is 4. The summed E-state index contributed by atoms with van der Waals surface area (Å²) >= 11 is 0. The fourth-order valence-corrected chi connectivity index (χ4v) is 2.12. The van der Waals surface area contributed by atoms with Gasteiger partial charge in [-0.3, -0.25) is 4.79 Å². The van der Waals surface area contributed by atoms with Crippen LogP contribution in [0.4, 0.5) is 10.6 Å². The minimum Gasteiger partial charge on any atom is -0.444 e. The van der Waals surface area contributed by atoms with Crippen molar-refractivity contribution in [3.05, 3.63) is 23.4 Å². The highest BCUT2D eigenvalue weighted by Crippen LogP contribution is 2.20. The molecule has 1 aliphatic heterocycles. The Hall–Kier alpha value is -2.11. The maximum atomic E-state index is 12.2. The van der Waals surface area contributed by atoms with Crippen LogP contribution in [0, 0.1) is 6.92 Å². The van der Waals surface area contributed by atoms with Crippen molar-refractivity contribution in [1.29, 1.82) is 0 Å². The summed E-state index contributed by atoms with van der Waals surface area (Å²) in [4.78, 5) is 28.3. The van der Waals surface area contributed by atoms with E-state index in [4.69, 9.17) is 4.74 Å². The fourth-order valence-electron chi connectivity index (χ4n) is 2.12. The van der Waals surface area contributed by atoms with Gasteiger partial charge in [0.1, 0.15) is 17.5 Å². The number of carbonyl (C=O) groups excluding carboxylic acids is 2. The van der Waals surface area contributed by atoms with Crippen LogP contribution in [-0.2, 0) is 16.0 Å². The first-order valence-electron chi connectivity index (χ1n) is 7.01. The van der Waals surface area contributed by atoms with Gasteiger partial charge in [-0.05, 0) is 52.2 Å². The Morgan fingerprint density at radius 2 is 2.14 bits per heavy atom. The molecule has 0 aromatic carbocycles. The van der Waals surface area contributed by atoms with E-state index in [1.807, 2.05) is 19.1 Å². The monoisotopic (exact) mass is 291 g/mol. The van der Waals surface area contributed by atoms with E-state index in [0.29, 0.717) is 18.7 Å². The molecule has 1 aliphatic rings.